The van der Waals surface area contributed by atoms with Gasteiger partial charge in [0, 0.05) is 30.9 Å². The number of hydrogen-bond acceptors (Lipinski definition) is 4. The average molecular weight is 252 g/mol. The highest BCUT2D eigenvalue weighted by molar-refractivity contribution is 5.14. The summed E-state index contributed by atoms with van der Waals surface area (Å²) in [7, 11) is 1.92. The van der Waals surface area contributed by atoms with Crippen molar-refractivity contribution in [2.75, 3.05) is 13.2 Å². The summed E-state index contributed by atoms with van der Waals surface area (Å²) in [5.74, 6) is 0. The molecule has 1 fully saturated rings. The number of aromatic nitrogens is 2. The first-order chi connectivity index (χ1) is 8.63. The van der Waals surface area contributed by atoms with Crippen LogP contribution in [-0.2, 0) is 7.05 Å². The zero-order valence-corrected chi connectivity index (χ0v) is 11.3. The molecule has 1 aliphatic heterocycles. The summed E-state index contributed by atoms with van der Waals surface area (Å²) in [5, 5.41) is 13.8. The van der Waals surface area contributed by atoms with E-state index in [-0.39, 0.29) is 24.7 Å². The normalized spacial score (nSPS) is 25.0. The molecule has 3 N–H and O–H groups in total. The van der Waals surface area contributed by atoms with Crippen LogP contribution in [0.15, 0.2) is 12.4 Å². The predicted molar refractivity (Wildman–Crippen MR) is 71.0 cm³/mol. The Hall–Kier alpha value is -0.910. The van der Waals surface area contributed by atoms with Crippen molar-refractivity contribution >= 4 is 0 Å². The number of hydrogen-bond donors (Lipinski definition) is 2. The molecule has 2 heterocycles. The van der Waals surface area contributed by atoms with Gasteiger partial charge in [-0.05, 0) is 26.3 Å². The monoisotopic (exact) mass is 252 g/mol. The van der Waals surface area contributed by atoms with Crippen LogP contribution >= 0.6 is 0 Å². The Morgan fingerprint density at radius 1 is 1.56 bits per heavy atom. The van der Waals surface area contributed by atoms with E-state index in [1.54, 1.807) is 0 Å². The molecule has 102 valence electrons. The Balaban J connectivity index is 2.23. The third-order valence-electron chi connectivity index (χ3n) is 3.81. The summed E-state index contributed by atoms with van der Waals surface area (Å²) in [6.45, 7) is 3.25. The van der Waals surface area contributed by atoms with Gasteiger partial charge < -0.3 is 10.8 Å². The lowest BCUT2D eigenvalue weighted by Crippen LogP contribution is -2.49. The van der Waals surface area contributed by atoms with Gasteiger partial charge >= 0.3 is 0 Å². The van der Waals surface area contributed by atoms with Crippen molar-refractivity contribution in [1.29, 1.82) is 0 Å². The summed E-state index contributed by atoms with van der Waals surface area (Å²) >= 11 is 0. The Labute approximate surface area is 109 Å². The van der Waals surface area contributed by atoms with E-state index in [0.717, 1.165) is 18.5 Å². The second-order valence-electron chi connectivity index (χ2n) is 5.32. The Morgan fingerprint density at radius 3 is 2.89 bits per heavy atom. The first-order valence-corrected chi connectivity index (χ1v) is 6.74. The average Bonchev–Trinajstić information content (AvgIpc) is 2.76. The van der Waals surface area contributed by atoms with Crippen molar-refractivity contribution < 1.29 is 5.11 Å². The van der Waals surface area contributed by atoms with Crippen LogP contribution in [0.25, 0.3) is 0 Å². The lowest BCUT2D eigenvalue weighted by molar-refractivity contribution is 0.0444. The number of aliphatic hydroxyl groups is 1. The fourth-order valence-corrected chi connectivity index (χ4v) is 2.98. The van der Waals surface area contributed by atoms with E-state index in [1.807, 2.05) is 31.0 Å². The zero-order valence-electron chi connectivity index (χ0n) is 11.3. The minimum Gasteiger partial charge on any atom is -0.395 e. The SMILES string of the molecule is CC(N)C(c1cnn(C)c1)N1CCCCC1CO. The van der Waals surface area contributed by atoms with Gasteiger partial charge in [0.25, 0.3) is 0 Å². The van der Waals surface area contributed by atoms with Crippen molar-refractivity contribution in [2.24, 2.45) is 12.8 Å². The van der Waals surface area contributed by atoms with Crippen LogP contribution in [0.5, 0.6) is 0 Å². The maximum atomic E-state index is 9.54. The molecule has 2 rings (SSSR count). The Morgan fingerprint density at radius 2 is 2.33 bits per heavy atom. The lowest BCUT2D eigenvalue weighted by atomic mass is 9.95. The molecule has 0 radical (unpaired) electrons. The van der Waals surface area contributed by atoms with E-state index in [9.17, 15) is 5.11 Å². The number of aryl methyl sites for hydroxylation is 1. The van der Waals surface area contributed by atoms with E-state index in [2.05, 4.69) is 10.00 Å². The highest BCUT2D eigenvalue weighted by atomic mass is 16.3. The third-order valence-corrected chi connectivity index (χ3v) is 3.81. The second kappa shape index (κ2) is 5.82. The molecule has 0 spiro atoms. The van der Waals surface area contributed by atoms with E-state index in [1.165, 1.54) is 12.8 Å². The van der Waals surface area contributed by atoms with Gasteiger partial charge in [0.2, 0.25) is 0 Å². The van der Waals surface area contributed by atoms with Gasteiger partial charge in [-0.3, -0.25) is 9.58 Å². The Bertz CT molecular complexity index is 377. The number of rotatable bonds is 4. The zero-order chi connectivity index (χ0) is 13.1. The fraction of sp³-hybridized carbons (Fsp3) is 0.769. The number of nitrogens with two attached hydrogens (primary N) is 1. The van der Waals surface area contributed by atoms with Crippen LogP contribution in [0.1, 0.15) is 37.8 Å². The number of nitrogens with zero attached hydrogens (tertiary/aromatic N) is 3. The highest BCUT2D eigenvalue weighted by Gasteiger charge is 2.32. The van der Waals surface area contributed by atoms with Gasteiger partial charge in [-0.25, -0.2) is 0 Å². The van der Waals surface area contributed by atoms with Crippen LogP contribution in [0.2, 0.25) is 0 Å². The fourth-order valence-electron chi connectivity index (χ4n) is 2.98. The molecule has 3 atom stereocenters. The van der Waals surface area contributed by atoms with E-state index in [0.29, 0.717) is 0 Å². The number of aliphatic hydroxyl groups excluding tert-OH is 1. The molecule has 1 aromatic heterocycles. The first-order valence-electron chi connectivity index (χ1n) is 6.74. The summed E-state index contributed by atoms with van der Waals surface area (Å²) in [6, 6.07) is 0.410. The smallest absolute Gasteiger partial charge is 0.0587 e. The molecular formula is C13H24N4O. The maximum Gasteiger partial charge on any atom is 0.0587 e. The van der Waals surface area contributed by atoms with Crippen LogP contribution < -0.4 is 5.73 Å². The first kappa shape index (κ1) is 13.5. The van der Waals surface area contributed by atoms with Crippen LogP contribution in [0, 0.1) is 0 Å². The summed E-state index contributed by atoms with van der Waals surface area (Å²) in [6.07, 6.45) is 7.34. The largest absolute Gasteiger partial charge is 0.395 e. The molecule has 18 heavy (non-hydrogen) atoms. The predicted octanol–water partition coefficient (Wildman–Crippen LogP) is 0.655. The lowest BCUT2D eigenvalue weighted by Gasteiger charge is -2.41. The summed E-state index contributed by atoms with van der Waals surface area (Å²) in [4.78, 5) is 2.35. The topological polar surface area (TPSA) is 67.3 Å². The standard InChI is InChI=1S/C13H24N4O/c1-10(14)13(11-7-15-16(2)8-11)17-6-4-3-5-12(17)9-18/h7-8,10,12-13,18H,3-6,9,14H2,1-2H3. The van der Waals surface area contributed by atoms with Crippen LogP contribution in [0.3, 0.4) is 0 Å². The molecule has 1 aliphatic rings. The molecule has 0 bridgehead atoms. The molecule has 0 saturated carbocycles. The molecule has 0 amide bonds. The molecule has 5 heteroatoms. The van der Waals surface area contributed by atoms with Crippen molar-refractivity contribution in [3.63, 3.8) is 0 Å². The van der Waals surface area contributed by atoms with Crippen molar-refractivity contribution in [3.8, 4) is 0 Å². The van der Waals surface area contributed by atoms with E-state index in [4.69, 9.17) is 5.73 Å². The quantitative estimate of drug-likeness (QED) is 0.826. The molecule has 5 nitrogen and oxygen atoms in total. The highest BCUT2D eigenvalue weighted by Crippen LogP contribution is 2.30. The van der Waals surface area contributed by atoms with Crippen molar-refractivity contribution in [1.82, 2.24) is 14.7 Å². The summed E-state index contributed by atoms with van der Waals surface area (Å²) in [5.41, 5.74) is 7.31. The molecule has 1 aromatic rings. The summed E-state index contributed by atoms with van der Waals surface area (Å²) < 4.78 is 1.81. The number of piperidine rings is 1. The molecule has 0 aliphatic carbocycles. The minimum atomic E-state index is 0.0290. The molecular weight excluding hydrogens is 228 g/mol. The van der Waals surface area contributed by atoms with Crippen LogP contribution in [0.4, 0.5) is 0 Å². The van der Waals surface area contributed by atoms with Gasteiger partial charge in [-0.15, -0.1) is 0 Å². The second-order valence-corrected chi connectivity index (χ2v) is 5.32. The van der Waals surface area contributed by atoms with Gasteiger partial charge in [-0.2, -0.15) is 5.10 Å². The molecule has 1 saturated heterocycles. The van der Waals surface area contributed by atoms with Gasteiger partial charge in [0.1, 0.15) is 0 Å². The molecule has 3 unspecified atom stereocenters. The number of likely N-dealkylation sites (tertiary alicyclic amines) is 1. The van der Waals surface area contributed by atoms with E-state index < -0.39 is 0 Å². The van der Waals surface area contributed by atoms with Crippen LogP contribution in [-0.4, -0.2) is 45.0 Å². The van der Waals surface area contributed by atoms with Crippen molar-refractivity contribution in [3.05, 3.63) is 18.0 Å². The van der Waals surface area contributed by atoms with E-state index >= 15 is 0 Å². The van der Waals surface area contributed by atoms with Gasteiger partial charge in [0.15, 0.2) is 0 Å². The molecule has 0 aromatic carbocycles. The van der Waals surface area contributed by atoms with Gasteiger partial charge in [-0.1, -0.05) is 6.42 Å². The van der Waals surface area contributed by atoms with Gasteiger partial charge in [0.05, 0.1) is 18.8 Å². The Kier molecular flexibility index (Phi) is 4.37. The van der Waals surface area contributed by atoms with Crippen molar-refractivity contribution in [2.45, 2.75) is 44.3 Å². The third kappa shape index (κ3) is 2.74. The maximum absolute atomic E-state index is 9.54. The minimum absolute atomic E-state index is 0.0290.